The zero-order chi connectivity index (χ0) is 30.2. The number of aromatic hydroxyl groups is 1. The van der Waals surface area contributed by atoms with Crippen molar-refractivity contribution in [1.29, 1.82) is 0 Å². The van der Waals surface area contributed by atoms with E-state index in [0.717, 1.165) is 5.56 Å². The van der Waals surface area contributed by atoms with Crippen molar-refractivity contribution in [3.8, 4) is 5.75 Å². The number of alkyl carbamates (subject to hydrolysis) is 1. The van der Waals surface area contributed by atoms with Crippen molar-refractivity contribution >= 4 is 23.9 Å². The number of phenolic OH excluding ortho intramolecular Hbond substituents is 1. The summed E-state index contributed by atoms with van der Waals surface area (Å²) < 4.78 is 10.4. The number of phenols is 1. The molecule has 0 radical (unpaired) electrons. The first-order valence-electron chi connectivity index (χ1n) is 14.0. The number of carbonyl (C=O) groups is 4. The lowest BCUT2D eigenvalue weighted by molar-refractivity contribution is -0.144. The SMILES string of the molecule is CCOC(=O)CCNC(=O)C(c1ccc(C)cc1)N(C(=O)C(Cc1ccc(O)cc1)NC(=O)OC(C)(C)C)C1CC1. The molecule has 3 N–H and O–H groups in total. The molecule has 0 spiro atoms. The van der Waals surface area contributed by atoms with Crippen LogP contribution >= 0.6 is 0 Å². The zero-order valence-electron chi connectivity index (χ0n) is 24.4. The molecule has 10 nitrogen and oxygen atoms in total. The Kier molecular flexibility index (Phi) is 10.7. The predicted molar refractivity (Wildman–Crippen MR) is 153 cm³/mol. The Morgan fingerprint density at radius 2 is 1.66 bits per heavy atom. The van der Waals surface area contributed by atoms with E-state index in [9.17, 15) is 24.3 Å². The van der Waals surface area contributed by atoms with E-state index >= 15 is 0 Å². The second-order valence-electron chi connectivity index (χ2n) is 11.2. The predicted octanol–water partition coefficient (Wildman–Crippen LogP) is 3.94. The van der Waals surface area contributed by atoms with Crippen molar-refractivity contribution in [3.63, 3.8) is 0 Å². The van der Waals surface area contributed by atoms with Crippen LogP contribution in [0.3, 0.4) is 0 Å². The van der Waals surface area contributed by atoms with Crippen molar-refractivity contribution < 1.29 is 33.8 Å². The maximum absolute atomic E-state index is 14.3. The van der Waals surface area contributed by atoms with E-state index in [-0.39, 0.29) is 37.8 Å². The first-order chi connectivity index (χ1) is 19.4. The maximum Gasteiger partial charge on any atom is 0.408 e. The van der Waals surface area contributed by atoms with Crippen LogP contribution in [-0.2, 0) is 30.3 Å². The number of nitrogens with one attached hydrogen (secondary N) is 2. The topological polar surface area (TPSA) is 134 Å². The number of ether oxygens (including phenoxy) is 2. The van der Waals surface area contributed by atoms with Gasteiger partial charge in [-0.2, -0.15) is 0 Å². The average Bonchev–Trinajstić information content (AvgIpc) is 3.72. The Bertz CT molecular complexity index is 1200. The molecule has 0 aromatic heterocycles. The van der Waals surface area contributed by atoms with Crippen molar-refractivity contribution in [2.75, 3.05) is 13.2 Å². The van der Waals surface area contributed by atoms with Gasteiger partial charge in [0.1, 0.15) is 23.4 Å². The summed E-state index contributed by atoms with van der Waals surface area (Å²) in [6, 6.07) is 11.5. The van der Waals surface area contributed by atoms with E-state index in [0.29, 0.717) is 24.0 Å². The van der Waals surface area contributed by atoms with Crippen LogP contribution in [0.4, 0.5) is 4.79 Å². The lowest BCUT2D eigenvalue weighted by Crippen LogP contribution is -2.54. The van der Waals surface area contributed by atoms with Gasteiger partial charge in [0.05, 0.1) is 13.0 Å². The van der Waals surface area contributed by atoms with Gasteiger partial charge in [0.25, 0.3) is 0 Å². The molecule has 1 fully saturated rings. The van der Waals surface area contributed by atoms with Gasteiger partial charge in [0.15, 0.2) is 0 Å². The molecule has 1 aliphatic carbocycles. The van der Waals surface area contributed by atoms with Crippen LogP contribution in [0.25, 0.3) is 0 Å². The molecule has 0 heterocycles. The molecule has 2 atom stereocenters. The van der Waals surface area contributed by atoms with E-state index < -0.39 is 41.6 Å². The molecular weight excluding hydrogens is 526 g/mol. The molecule has 222 valence electrons. The first-order valence-corrected chi connectivity index (χ1v) is 14.0. The summed E-state index contributed by atoms with van der Waals surface area (Å²) in [5.41, 5.74) is 1.54. The Balaban J connectivity index is 1.94. The summed E-state index contributed by atoms with van der Waals surface area (Å²) in [7, 11) is 0. The monoisotopic (exact) mass is 567 g/mol. The van der Waals surface area contributed by atoms with E-state index in [2.05, 4.69) is 10.6 Å². The van der Waals surface area contributed by atoms with Crippen LogP contribution in [0.2, 0.25) is 0 Å². The molecule has 3 amide bonds. The Morgan fingerprint density at radius 1 is 1.02 bits per heavy atom. The Labute approximate surface area is 241 Å². The lowest BCUT2D eigenvalue weighted by atomic mass is 9.99. The number of esters is 1. The van der Waals surface area contributed by atoms with E-state index in [4.69, 9.17) is 9.47 Å². The largest absolute Gasteiger partial charge is 0.508 e. The molecular formula is C31H41N3O7. The van der Waals surface area contributed by atoms with Crippen LogP contribution in [0.5, 0.6) is 5.75 Å². The normalized spacial score (nSPS) is 14.4. The zero-order valence-corrected chi connectivity index (χ0v) is 24.4. The minimum atomic E-state index is -1.05. The van der Waals surface area contributed by atoms with Gasteiger partial charge in [-0.05, 0) is 70.7 Å². The molecule has 2 aromatic rings. The fourth-order valence-electron chi connectivity index (χ4n) is 4.37. The van der Waals surface area contributed by atoms with E-state index in [1.807, 2.05) is 31.2 Å². The average molecular weight is 568 g/mol. The molecule has 41 heavy (non-hydrogen) atoms. The Morgan fingerprint density at radius 3 is 2.22 bits per heavy atom. The number of benzene rings is 2. The molecule has 0 bridgehead atoms. The number of hydrogen-bond acceptors (Lipinski definition) is 7. The highest BCUT2D eigenvalue weighted by Crippen LogP contribution is 2.36. The molecule has 1 aliphatic rings. The van der Waals surface area contributed by atoms with E-state index in [1.54, 1.807) is 44.7 Å². The molecule has 0 aliphatic heterocycles. The third kappa shape index (κ3) is 9.81. The number of carbonyl (C=O) groups excluding carboxylic acids is 4. The standard InChI is InChI=1S/C31H41N3O7/c1-6-40-26(36)17-18-32-28(37)27(22-11-7-20(2)8-12-22)34(23-13-14-23)29(38)25(33-30(39)41-31(3,4)5)19-21-9-15-24(35)16-10-21/h7-12,15-16,23,25,27,35H,6,13-14,17-19H2,1-5H3,(H,32,37)(H,33,39). The van der Waals surface area contributed by atoms with E-state index in [1.165, 1.54) is 12.1 Å². The maximum atomic E-state index is 14.3. The summed E-state index contributed by atoms with van der Waals surface area (Å²) in [5.74, 6) is -1.21. The minimum Gasteiger partial charge on any atom is -0.508 e. The molecule has 2 aromatic carbocycles. The molecule has 0 saturated heterocycles. The van der Waals surface area contributed by atoms with Crippen molar-refractivity contribution in [1.82, 2.24) is 15.5 Å². The summed E-state index contributed by atoms with van der Waals surface area (Å²) in [4.78, 5) is 54.2. The Hall–Kier alpha value is -4.08. The highest BCUT2D eigenvalue weighted by atomic mass is 16.6. The van der Waals surface area contributed by atoms with Gasteiger partial charge in [-0.25, -0.2) is 4.79 Å². The molecule has 1 saturated carbocycles. The summed E-state index contributed by atoms with van der Waals surface area (Å²) in [6.45, 7) is 9.13. The van der Waals surface area contributed by atoms with Crippen LogP contribution in [0, 0.1) is 6.92 Å². The number of aryl methyl sites for hydroxylation is 1. The summed E-state index contributed by atoms with van der Waals surface area (Å²) in [5, 5.41) is 15.2. The van der Waals surface area contributed by atoms with Gasteiger partial charge in [0.2, 0.25) is 11.8 Å². The van der Waals surface area contributed by atoms with Gasteiger partial charge in [-0.1, -0.05) is 42.0 Å². The van der Waals surface area contributed by atoms with Gasteiger partial charge in [-0.15, -0.1) is 0 Å². The molecule has 10 heteroatoms. The van der Waals surface area contributed by atoms with Crippen LogP contribution in [-0.4, -0.2) is 64.7 Å². The summed E-state index contributed by atoms with van der Waals surface area (Å²) in [6.07, 6.45) is 0.787. The second-order valence-corrected chi connectivity index (χ2v) is 11.2. The molecule has 2 unspecified atom stereocenters. The fourth-order valence-corrected chi connectivity index (χ4v) is 4.37. The highest BCUT2D eigenvalue weighted by molar-refractivity contribution is 5.93. The third-order valence-electron chi connectivity index (χ3n) is 6.41. The lowest BCUT2D eigenvalue weighted by Gasteiger charge is -2.35. The van der Waals surface area contributed by atoms with Crippen molar-refractivity contribution in [2.45, 2.75) is 84.0 Å². The van der Waals surface area contributed by atoms with Crippen LogP contribution in [0.1, 0.15) is 69.7 Å². The van der Waals surface area contributed by atoms with Gasteiger partial charge in [-0.3, -0.25) is 14.4 Å². The number of nitrogens with zero attached hydrogens (tertiary/aromatic N) is 1. The van der Waals surface area contributed by atoms with Crippen LogP contribution in [0.15, 0.2) is 48.5 Å². The van der Waals surface area contributed by atoms with Crippen molar-refractivity contribution in [3.05, 3.63) is 65.2 Å². The number of hydrogen-bond donors (Lipinski definition) is 3. The number of rotatable bonds is 12. The van der Waals surface area contributed by atoms with Gasteiger partial charge >= 0.3 is 12.1 Å². The smallest absolute Gasteiger partial charge is 0.408 e. The fraction of sp³-hybridized carbons (Fsp3) is 0.484. The highest BCUT2D eigenvalue weighted by Gasteiger charge is 2.44. The summed E-state index contributed by atoms with van der Waals surface area (Å²) >= 11 is 0. The van der Waals surface area contributed by atoms with Gasteiger partial charge < -0.3 is 30.1 Å². The number of amides is 3. The second kappa shape index (κ2) is 14.0. The molecule has 3 rings (SSSR count). The quantitative estimate of drug-likeness (QED) is 0.331. The minimum absolute atomic E-state index is 0.00124. The first kappa shape index (κ1) is 31.4. The van der Waals surface area contributed by atoms with Crippen LogP contribution < -0.4 is 10.6 Å². The third-order valence-corrected chi connectivity index (χ3v) is 6.41. The van der Waals surface area contributed by atoms with Crippen molar-refractivity contribution in [2.24, 2.45) is 0 Å². The van der Waals surface area contributed by atoms with Gasteiger partial charge in [0, 0.05) is 19.0 Å².